The van der Waals surface area contributed by atoms with Gasteiger partial charge in [-0.2, -0.15) is 0 Å². The molecule has 0 aliphatic heterocycles. The molecule has 0 saturated heterocycles. The van der Waals surface area contributed by atoms with E-state index < -0.39 is 0 Å². The Kier molecular flexibility index (Phi) is 2.45. The predicted molar refractivity (Wildman–Crippen MR) is 53.3 cm³/mol. The highest BCUT2D eigenvalue weighted by molar-refractivity contribution is 5.68. The molecule has 2 rings (SSSR count). The van der Waals surface area contributed by atoms with Gasteiger partial charge in [-0.1, -0.05) is 0 Å². The minimum Gasteiger partial charge on any atom is -0.497 e. The molecular formula is C10H9N3O2. The van der Waals surface area contributed by atoms with Gasteiger partial charge in [0.05, 0.1) is 12.8 Å². The van der Waals surface area contributed by atoms with Crippen LogP contribution in [0.4, 0.5) is 0 Å². The summed E-state index contributed by atoms with van der Waals surface area (Å²) in [5.74, 6) is 0.945. The van der Waals surface area contributed by atoms with Gasteiger partial charge in [0.25, 0.3) is 0 Å². The van der Waals surface area contributed by atoms with Crippen molar-refractivity contribution in [1.82, 2.24) is 14.8 Å². The van der Waals surface area contributed by atoms with Crippen molar-refractivity contribution in [2.24, 2.45) is 0 Å². The summed E-state index contributed by atoms with van der Waals surface area (Å²) in [5, 5.41) is 3.95. The number of hydrogen-bond donors (Lipinski definition) is 0. The zero-order valence-electron chi connectivity index (χ0n) is 8.12. The lowest BCUT2D eigenvalue weighted by Crippen LogP contribution is -1.95. The Morgan fingerprint density at radius 1 is 1.33 bits per heavy atom. The first-order chi connectivity index (χ1) is 7.33. The van der Waals surface area contributed by atoms with Gasteiger partial charge in [0.15, 0.2) is 6.29 Å². The molecule has 0 aliphatic rings. The first-order valence-corrected chi connectivity index (χ1v) is 4.35. The van der Waals surface area contributed by atoms with Crippen LogP contribution in [0.25, 0.3) is 5.69 Å². The number of carbonyl (C=O) groups is 1. The van der Waals surface area contributed by atoms with E-state index in [4.69, 9.17) is 4.74 Å². The van der Waals surface area contributed by atoms with E-state index in [1.165, 1.54) is 11.0 Å². The number of ether oxygens (including phenoxy) is 1. The minimum atomic E-state index is 0.172. The zero-order valence-corrected chi connectivity index (χ0v) is 8.12. The third-order valence-corrected chi connectivity index (χ3v) is 1.95. The van der Waals surface area contributed by atoms with Gasteiger partial charge in [0.1, 0.15) is 12.1 Å². The van der Waals surface area contributed by atoms with E-state index in [0.29, 0.717) is 6.29 Å². The summed E-state index contributed by atoms with van der Waals surface area (Å²) >= 11 is 0. The number of nitrogens with zero attached hydrogens (tertiary/aromatic N) is 3. The number of aldehydes is 1. The van der Waals surface area contributed by atoms with E-state index in [0.717, 1.165) is 11.4 Å². The fraction of sp³-hybridized carbons (Fsp3) is 0.100. The normalized spacial score (nSPS) is 9.93. The molecule has 0 aliphatic carbocycles. The number of carbonyl (C=O) groups excluding carboxylic acids is 1. The molecule has 0 amide bonds. The van der Waals surface area contributed by atoms with Gasteiger partial charge in [-0.25, -0.2) is 9.67 Å². The maximum absolute atomic E-state index is 10.4. The smallest absolute Gasteiger partial charge is 0.214 e. The van der Waals surface area contributed by atoms with Gasteiger partial charge in [-0.15, -0.1) is 5.10 Å². The Morgan fingerprint density at radius 3 is 2.60 bits per heavy atom. The van der Waals surface area contributed by atoms with Crippen molar-refractivity contribution in [2.45, 2.75) is 0 Å². The largest absolute Gasteiger partial charge is 0.497 e. The Morgan fingerprint density at radius 2 is 2.07 bits per heavy atom. The van der Waals surface area contributed by atoms with Crippen molar-refractivity contribution in [2.75, 3.05) is 7.11 Å². The first-order valence-electron chi connectivity index (χ1n) is 4.35. The molecule has 0 spiro atoms. The molecule has 1 aromatic carbocycles. The van der Waals surface area contributed by atoms with Crippen LogP contribution in [0, 0.1) is 0 Å². The van der Waals surface area contributed by atoms with Crippen LogP contribution in [0.5, 0.6) is 5.75 Å². The molecule has 1 heterocycles. The predicted octanol–water partition coefficient (Wildman–Crippen LogP) is 1.09. The summed E-state index contributed by atoms with van der Waals surface area (Å²) < 4.78 is 6.56. The van der Waals surface area contributed by atoms with E-state index in [2.05, 4.69) is 10.1 Å². The topological polar surface area (TPSA) is 57.0 Å². The summed E-state index contributed by atoms with van der Waals surface area (Å²) in [6.45, 7) is 0. The van der Waals surface area contributed by atoms with E-state index in [1.54, 1.807) is 7.11 Å². The lowest BCUT2D eigenvalue weighted by Gasteiger charge is -2.01. The van der Waals surface area contributed by atoms with Crippen LogP contribution in [-0.4, -0.2) is 28.2 Å². The van der Waals surface area contributed by atoms with Crippen LogP contribution in [0.1, 0.15) is 10.6 Å². The molecule has 0 bridgehead atoms. The first kappa shape index (κ1) is 9.39. The van der Waals surface area contributed by atoms with Crippen molar-refractivity contribution in [3.8, 4) is 11.4 Å². The SMILES string of the molecule is COc1ccc(-n2cnc(C=O)n2)cc1. The number of methoxy groups -OCH3 is 1. The Labute approximate surface area is 86.3 Å². The summed E-state index contributed by atoms with van der Waals surface area (Å²) in [5.41, 5.74) is 0.830. The maximum atomic E-state index is 10.4. The van der Waals surface area contributed by atoms with Gasteiger partial charge in [-0.3, -0.25) is 4.79 Å². The molecule has 0 N–H and O–H groups in total. The van der Waals surface area contributed by atoms with E-state index >= 15 is 0 Å². The molecule has 0 fully saturated rings. The Balaban J connectivity index is 2.32. The third-order valence-electron chi connectivity index (χ3n) is 1.95. The summed E-state index contributed by atoms with van der Waals surface area (Å²) in [4.78, 5) is 14.2. The van der Waals surface area contributed by atoms with Crippen LogP contribution in [0.3, 0.4) is 0 Å². The Hall–Kier alpha value is -2.17. The van der Waals surface area contributed by atoms with Crippen LogP contribution in [0.15, 0.2) is 30.6 Å². The quantitative estimate of drug-likeness (QED) is 0.700. The highest BCUT2D eigenvalue weighted by Gasteiger charge is 2.01. The van der Waals surface area contributed by atoms with Gasteiger partial charge < -0.3 is 4.74 Å². The van der Waals surface area contributed by atoms with Crippen LogP contribution < -0.4 is 4.74 Å². The molecule has 0 atom stereocenters. The second-order valence-corrected chi connectivity index (χ2v) is 2.86. The second-order valence-electron chi connectivity index (χ2n) is 2.86. The average molecular weight is 203 g/mol. The molecule has 1 aromatic heterocycles. The molecular weight excluding hydrogens is 194 g/mol. The fourth-order valence-corrected chi connectivity index (χ4v) is 1.19. The molecule has 5 nitrogen and oxygen atoms in total. The monoisotopic (exact) mass is 203 g/mol. The number of rotatable bonds is 3. The molecule has 2 aromatic rings. The van der Waals surface area contributed by atoms with E-state index in [9.17, 15) is 4.79 Å². The lowest BCUT2D eigenvalue weighted by atomic mass is 10.3. The van der Waals surface area contributed by atoms with Crippen molar-refractivity contribution in [3.05, 3.63) is 36.4 Å². The van der Waals surface area contributed by atoms with Crippen LogP contribution >= 0.6 is 0 Å². The van der Waals surface area contributed by atoms with Crippen LogP contribution in [-0.2, 0) is 0 Å². The van der Waals surface area contributed by atoms with Gasteiger partial charge in [0.2, 0.25) is 5.82 Å². The molecule has 76 valence electrons. The second kappa shape index (κ2) is 3.91. The summed E-state index contributed by atoms with van der Waals surface area (Å²) in [6.07, 6.45) is 2.10. The van der Waals surface area contributed by atoms with E-state index in [1.807, 2.05) is 24.3 Å². The van der Waals surface area contributed by atoms with E-state index in [-0.39, 0.29) is 5.82 Å². The van der Waals surface area contributed by atoms with Gasteiger partial charge in [-0.05, 0) is 24.3 Å². The summed E-state index contributed by atoms with van der Waals surface area (Å²) in [7, 11) is 1.61. The third kappa shape index (κ3) is 1.85. The molecule has 0 saturated carbocycles. The number of hydrogen-bond acceptors (Lipinski definition) is 4. The van der Waals surface area contributed by atoms with Crippen molar-refractivity contribution in [3.63, 3.8) is 0 Å². The minimum absolute atomic E-state index is 0.172. The molecule has 15 heavy (non-hydrogen) atoms. The van der Waals surface area contributed by atoms with Crippen molar-refractivity contribution >= 4 is 6.29 Å². The lowest BCUT2D eigenvalue weighted by molar-refractivity contribution is 0.111. The molecule has 0 radical (unpaired) electrons. The maximum Gasteiger partial charge on any atom is 0.214 e. The Bertz CT molecular complexity index is 462. The van der Waals surface area contributed by atoms with Gasteiger partial charge in [0, 0.05) is 0 Å². The van der Waals surface area contributed by atoms with Crippen LogP contribution in [0.2, 0.25) is 0 Å². The average Bonchev–Trinajstić information content (AvgIpc) is 2.78. The van der Waals surface area contributed by atoms with Crippen molar-refractivity contribution < 1.29 is 9.53 Å². The van der Waals surface area contributed by atoms with Crippen molar-refractivity contribution in [1.29, 1.82) is 0 Å². The standard InChI is InChI=1S/C10H9N3O2/c1-15-9-4-2-8(3-5-9)13-7-11-10(6-14)12-13/h2-7H,1H3. The zero-order chi connectivity index (χ0) is 10.7. The molecule has 5 heteroatoms. The summed E-state index contributed by atoms with van der Waals surface area (Å²) in [6, 6.07) is 7.30. The number of benzene rings is 1. The highest BCUT2D eigenvalue weighted by Crippen LogP contribution is 2.13. The fourth-order valence-electron chi connectivity index (χ4n) is 1.19. The number of aromatic nitrogens is 3. The highest BCUT2D eigenvalue weighted by atomic mass is 16.5. The molecule has 0 unspecified atom stereocenters. The van der Waals surface area contributed by atoms with Gasteiger partial charge >= 0.3 is 0 Å².